The maximum absolute atomic E-state index is 12.0. The number of methoxy groups -OCH3 is 1. The molecule has 25 heavy (non-hydrogen) atoms. The Balaban J connectivity index is 2.19. The highest BCUT2D eigenvalue weighted by Crippen LogP contribution is 2.40. The molecule has 2 rings (SSSR count). The van der Waals surface area contributed by atoms with Crippen molar-refractivity contribution in [3.05, 3.63) is 46.8 Å². The molecule has 0 fully saturated rings. The normalized spacial score (nSPS) is 23.6. The minimum absolute atomic E-state index is 0.0712. The van der Waals surface area contributed by atoms with Gasteiger partial charge >= 0.3 is 11.9 Å². The van der Waals surface area contributed by atoms with Crippen LogP contribution in [0.2, 0.25) is 0 Å². The zero-order chi connectivity index (χ0) is 18.6. The minimum Gasteiger partial charge on any atom is -0.465 e. The van der Waals surface area contributed by atoms with Crippen molar-refractivity contribution in [1.82, 2.24) is 0 Å². The Kier molecular flexibility index (Phi) is 5.88. The van der Waals surface area contributed by atoms with E-state index in [1.54, 1.807) is 19.1 Å². The van der Waals surface area contributed by atoms with Crippen molar-refractivity contribution in [3.8, 4) is 0 Å². The van der Waals surface area contributed by atoms with E-state index in [0.717, 1.165) is 12.8 Å². The summed E-state index contributed by atoms with van der Waals surface area (Å²) in [6.45, 7) is 8.19. The van der Waals surface area contributed by atoms with Gasteiger partial charge in [-0.2, -0.15) is 0 Å². The van der Waals surface area contributed by atoms with Gasteiger partial charge in [0.15, 0.2) is 0 Å². The topological polar surface area (TPSA) is 61.8 Å². The predicted octanol–water partition coefficient (Wildman–Crippen LogP) is 3.97. The van der Waals surface area contributed by atoms with Crippen LogP contribution in [0.5, 0.6) is 0 Å². The van der Waals surface area contributed by atoms with E-state index in [-0.39, 0.29) is 11.0 Å². The number of rotatable bonds is 5. The first kappa shape index (κ1) is 19.0. The maximum Gasteiger partial charge on any atom is 0.340 e. The molecule has 5 heteroatoms. The number of esters is 2. The second kappa shape index (κ2) is 7.72. The average molecular weight is 346 g/mol. The summed E-state index contributed by atoms with van der Waals surface area (Å²) in [6.07, 6.45) is 9.05. The second-order valence-electron chi connectivity index (χ2n) is 7.09. The predicted molar refractivity (Wildman–Crippen MR) is 94.3 cm³/mol. The lowest BCUT2D eigenvalue weighted by Gasteiger charge is -2.32. The fourth-order valence-corrected chi connectivity index (χ4v) is 3.17. The lowest BCUT2D eigenvalue weighted by atomic mass is 9.72. The maximum atomic E-state index is 12.0. The zero-order valence-corrected chi connectivity index (χ0v) is 15.5. The molecule has 1 atom stereocenters. The van der Waals surface area contributed by atoms with Crippen LogP contribution in [0.25, 0.3) is 0 Å². The summed E-state index contributed by atoms with van der Waals surface area (Å²) in [5.74, 6) is -0.925. The smallest absolute Gasteiger partial charge is 0.340 e. The Morgan fingerprint density at radius 1 is 1.36 bits per heavy atom. The van der Waals surface area contributed by atoms with Gasteiger partial charge in [-0.15, -0.1) is 0 Å². The standard InChI is InChI=1S/C20H26O5/c1-13-7-6-10-20(3,4)16(13)9-8-15(19(22)23-5)12-24-17-11-14(2)18(21)25-17/h8-9,11-12,17H,6-7,10H2,1-5H3/b9-8+,15-12-. The molecule has 0 amide bonds. The Morgan fingerprint density at radius 3 is 2.64 bits per heavy atom. The van der Waals surface area contributed by atoms with Crippen LogP contribution < -0.4 is 0 Å². The molecule has 0 aromatic heterocycles. The van der Waals surface area contributed by atoms with Gasteiger partial charge < -0.3 is 14.2 Å². The lowest BCUT2D eigenvalue weighted by molar-refractivity contribution is -0.152. The van der Waals surface area contributed by atoms with Crippen LogP contribution in [0, 0.1) is 5.41 Å². The van der Waals surface area contributed by atoms with Gasteiger partial charge in [-0.3, -0.25) is 0 Å². The molecule has 1 aliphatic carbocycles. The summed E-state index contributed by atoms with van der Waals surface area (Å²) in [7, 11) is 1.32. The Morgan fingerprint density at radius 2 is 2.08 bits per heavy atom. The van der Waals surface area contributed by atoms with Gasteiger partial charge in [0.25, 0.3) is 6.29 Å². The van der Waals surface area contributed by atoms with Crippen LogP contribution in [0.1, 0.15) is 47.0 Å². The van der Waals surface area contributed by atoms with Gasteiger partial charge in [0.1, 0.15) is 6.26 Å². The largest absolute Gasteiger partial charge is 0.465 e. The van der Waals surface area contributed by atoms with Crippen LogP contribution in [0.15, 0.2) is 46.8 Å². The quantitative estimate of drug-likeness (QED) is 0.326. The van der Waals surface area contributed by atoms with E-state index in [1.165, 1.54) is 30.9 Å². The van der Waals surface area contributed by atoms with Crippen LogP contribution >= 0.6 is 0 Å². The first-order valence-electron chi connectivity index (χ1n) is 8.46. The fraction of sp³-hybridized carbons (Fsp3) is 0.500. The van der Waals surface area contributed by atoms with Crippen molar-refractivity contribution in [2.45, 2.75) is 53.2 Å². The summed E-state index contributed by atoms with van der Waals surface area (Å²) in [6, 6.07) is 0. The number of ether oxygens (including phenoxy) is 3. The summed E-state index contributed by atoms with van der Waals surface area (Å²) in [4.78, 5) is 23.4. The van der Waals surface area contributed by atoms with Gasteiger partial charge in [-0.05, 0) is 50.2 Å². The number of hydrogen-bond donors (Lipinski definition) is 0. The molecule has 0 bridgehead atoms. The molecule has 0 aromatic carbocycles. The van der Waals surface area contributed by atoms with E-state index in [1.807, 2.05) is 6.08 Å². The molecule has 0 N–H and O–H groups in total. The molecule has 0 saturated heterocycles. The number of allylic oxidation sites excluding steroid dienone is 3. The second-order valence-corrected chi connectivity index (χ2v) is 7.09. The Hall–Kier alpha value is -2.30. The van der Waals surface area contributed by atoms with E-state index < -0.39 is 18.2 Å². The number of carbonyl (C=O) groups excluding carboxylic acids is 2. The van der Waals surface area contributed by atoms with Crippen LogP contribution in [0.3, 0.4) is 0 Å². The van der Waals surface area contributed by atoms with Crippen LogP contribution in [-0.4, -0.2) is 25.3 Å². The van der Waals surface area contributed by atoms with E-state index >= 15 is 0 Å². The van der Waals surface area contributed by atoms with Crippen molar-refractivity contribution in [2.75, 3.05) is 7.11 Å². The van der Waals surface area contributed by atoms with Crippen LogP contribution in [0.4, 0.5) is 0 Å². The molecule has 5 nitrogen and oxygen atoms in total. The molecule has 0 radical (unpaired) electrons. The summed E-state index contributed by atoms with van der Waals surface area (Å²) in [5, 5.41) is 0. The molecule has 0 aromatic rings. The highest BCUT2D eigenvalue weighted by atomic mass is 16.7. The van der Waals surface area contributed by atoms with E-state index in [4.69, 9.17) is 14.2 Å². The fourth-order valence-electron chi connectivity index (χ4n) is 3.17. The molecule has 1 unspecified atom stereocenters. The first-order chi connectivity index (χ1) is 11.7. The van der Waals surface area contributed by atoms with Crippen molar-refractivity contribution in [3.63, 3.8) is 0 Å². The van der Waals surface area contributed by atoms with Crippen LogP contribution in [-0.2, 0) is 23.8 Å². The molecular weight excluding hydrogens is 320 g/mol. The molecule has 2 aliphatic rings. The van der Waals surface area contributed by atoms with E-state index in [2.05, 4.69) is 20.8 Å². The molecule has 1 aliphatic heterocycles. The average Bonchev–Trinajstić information content (AvgIpc) is 2.86. The van der Waals surface area contributed by atoms with E-state index in [9.17, 15) is 9.59 Å². The third-order valence-corrected chi connectivity index (χ3v) is 4.65. The van der Waals surface area contributed by atoms with Crippen molar-refractivity contribution in [2.24, 2.45) is 5.41 Å². The monoisotopic (exact) mass is 346 g/mol. The molecule has 1 heterocycles. The zero-order valence-electron chi connectivity index (χ0n) is 15.5. The third-order valence-electron chi connectivity index (χ3n) is 4.65. The van der Waals surface area contributed by atoms with E-state index in [0.29, 0.717) is 5.57 Å². The highest BCUT2D eigenvalue weighted by molar-refractivity contribution is 5.91. The molecule has 0 saturated carbocycles. The van der Waals surface area contributed by atoms with Gasteiger partial charge in [0.2, 0.25) is 0 Å². The number of hydrogen-bond acceptors (Lipinski definition) is 5. The minimum atomic E-state index is -0.812. The Bertz CT molecular complexity index is 676. The SMILES string of the molecule is COC(=O)C(=C\OC1C=C(C)C(=O)O1)/C=C/C1=C(C)CCCC1(C)C. The summed E-state index contributed by atoms with van der Waals surface area (Å²) >= 11 is 0. The van der Waals surface area contributed by atoms with Crippen molar-refractivity contribution in [1.29, 1.82) is 0 Å². The molecule has 136 valence electrons. The lowest BCUT2D eigenvalue weighted by Crippen LogP contribution is -2.19. The van der Waals surface area contributed by atoms with Gasteiger partial charge in [0.05, 0.1) is 12.7 Å². The summed E-state index contributed by atoms with van der Waals surface area (Å²) in [5.41, 5.74) is 3.39. The number of carbonyl (C=O) groups is 2. The van der Waals surface area contributed by atoms with Crippen molar-refractivity contribution >= 4 is 11.9 Å². The van der Waals surface area contributed by atoms with Gasteiger partial charge in [-0.1, -0.05) is 25.5 Å². The third kappa shape index (κ3) is 4.62. The molecule has 0 spiro atoms. The molecular formula is C20H26O5. The Labute approximate surface area is 149 Å². The summed E-state index contributed by atoms with van der Waals surface area (Å²) < 4.78 is 15.2. The number of cyclic esters (lactones) is 1. The van der Waals surface area contributed by atoms with Gasteiger partial charge in [-0.25, -0.2) is 9.59 Å². The van der Waals surface area contributed by atoms with Crippen molar-refractivity contribution < 1.29 is 23.8 Å². The highest BCUT2D eigenvalue weighted by Gasteiger charge is 2.27. The van der Waals surface area contributed by atoms with Gasteiger partial charge in [0, 0.05) is 11.6 Å². The first-order valence-corrected chi connectivity index (χ1v) is 8.46.